The van der Waals surface area contributed by atoms with Crippen molar-refractivity contribution in [3.05, 3.63) is 29.8 Å². The zero-order valence-electron chi connectivity index (χ0n) is 12.3. The average molecular weight is 303 g/mol. The van der Waals surface area contributed by atoms with Crippen LogP contribution in [0.15, 0.2) is 24.3 Å². The van der Waals surface area contributed by atoms with Gasteiger partial charge in [-0.05, 0) is 26.0 Å². The van der Waals surface area contributed by atoms with E-state index in [1.54, 1.807) is 31.2 Å². The van der Waals surface area contributed by atoms with Crippen LogP contribution in [0.4, 0.5) is 10.5 Å². The molecule has 116 valence electrons. The summed E-state index contributed by atoms with van der Waals surface area (Å²) in [4.78, 5) is 46.2. The third kappa shape index (κ3) is 3.69. The summed E-state index contributed by atoms with van der Waals surface area (Å²) in [5.74, 6) is -1.56. The molecule has 0 aliphatic carbocycles. The van der Waals surface area contributed by atoms with E-state index in [0.717, 1.165) is 0 Å². The predicted molar refractivity (Wildman–Crippen MR) is 79.3 cm³/mol. The number of amides is 4. The maximum Gasteiger partial charge on any atom is 0.321 e. The number of carbonyl (C=O) groups is 4. The molecular weight excluding hydrogens is 286 g/mol. The van der Waals surface area contributed by atoms with Crippen molar-refractivity contribution in [2.45, 2.75) is 26.3 Å². The molecular formula is C15H17N3O4. The highest BCUT2D eigenvalue weighted by Crippen LogP contribution is 2.16. The summed E-state index contributed by atoms with van der Waals surface area (Å²) >= 11 is 0. The van der Waals surface area contributed by atoms with Gasteiger partial charge in [0.2, 0.25) is 11.8 Å². The van der Waals surface area contributed by atoms with Crippen LogP contribution in [0.5, 0.6) is 0 Å². The van der Waals surface area contributed by atoms with E-state index in [9.17, 15) is 19.2 Å². The van der Waals surface area contributed by atoms with Crippen LogP contribution >= 0.6 is 0 Å². The molecule has 0 radical (unpaired) electrons. The van der Waals surface area contributed by atoms with Crippen molar-refractivity contribution in [2.75, 3.05) is 5.32 Å². The smallest absolute Gasteiger partial charge is 0.321 e. The Labute approximate surface area is 127 Å². The number of nitrogens with one attached hydrogen (secondary N) is 3. The Hall–Kier alpha value is -2.70. The molecule has 1 heterocycles. The molecule has 0 bridgehead atoms. The molecule has 7 heteroatoms. The van der Waals surface area contributed by atoms with E-state index in [4.69, 9.17) is 0 Å². The molecule has 1 saturated heterocycles. The predicted octanol–water partition coefficient (Wildman–Crippen LogP) is 1.06. The molecule has 1 aromatic rings. The number of anilines is 1. The number of carbonyl (C=O) groups excluding carboxylic acids is 4. The van der Waals surface area contributed by atoms with Crippen molar-refractivity contribution in [1.29, 1.82) is 0 Å². The number of hydrogen-bond acceptors (Lipinski definition) is 4. The van der Waals surface area contributed by atoms with Crippen LogP contribution in [-0.4, -0.2) is 29.7 Å². The molecule has 2 unspecified atom stereocenters. The Balaban J connectivity index is 2.01. The van der Waals surface area contributed by atoms with Gasteiger partial charge in [0.15, 0.2) is 5.78 Å². The average Bonchev–Trinajstić information content (AvgIpc) is 2.43. The molecule has 3 N–H and O–H groups in total. The van der Waals surface area contributed by atoms with Gasteiger partial charge in [0.05, 0.1) is 5.92 Å². The SMILES string of the molecule is CC(=O)c1cccc(NC(=O)CC2C(=O)NC(=O)NC2C)c1. The molecule has 1 fully saturated rings. The van der Waals surface area contributed by atoms with E-state index in [-0.39, 0.29) is 18.1 Å². The fraction of sp³-hybridized carbons (Fsp3) is 0.333. The van der Waals surface area contributed by atoms with Crippen LogP contribution in [0, 0.1) is 5.92 Å². The molecule has 0 aromatic heterocycles. The van der Waals surface area contributed by atoms with E-state index in [2.05, 4.69) is 16.0 Å². The maximum absolute atomic E-state index is 12.0. The Morgan fingerprint density at radius 3 is 2.64 bits per heavy atom. The van der Waals surface area contributed by atoms with Crippen LogP contribution in [-0.2, 0) is 9.59 Å². The highest BCUT2D eigenvalue weighted by atomic mass is 16.2. The number of Topliss-reactive ketones (excluding diaryl/α,β-unsaturated/α-hetero) is 1. The van der Waals surface area contributed by atoms with Gasteiger partial charge in [0, 0.05) is 23.7 Å². The normalized spacial score (nSPS) is 20.8. The van der Waals surface area contributed by atoms with Gasteiger partial charge >= 0.3 is 6.03 Å². The van der Waals surface area contributed by atoms with Crippen molar-refractivity contribution in [3.8, 4) is 0 Å². The fourth-order valence-electron chi connectivity index (χ4n) is 2.27. The molecule has 4 amide bonds. The summed E-state index contributed by atoms with van der Waals surface area (Å²) in [7, 11) is 0. The second kappa shape index (κ2) is 6.38. The number of urea groups is 1. The van der Waals surface area contributed by atoms with Gasteiger partial charge in [-0.1, -0.05) is 12.1 Å². The van der Waals surface area contributed by atoms with Crippen LogP contribution < -0.4 is 16.0 Å². The largest absolute Gasteiger partial charge is 0.335 e. The summed E-state index contributed by atoms with van der Waals surface area (Å²) in [5, 5.41) is 7.35. The molecule has 0 saturated carbocycles. The Morgan fingerprint density at radius 1 is 1.27 bits per heavy atom. The van der Waals surface area contributed by atoms with Crippen LogP contribution in [0.3, 0.4) is 0 Å². The first kappa shape index (κ1) is 15.7. The zero-order chi connectivity index (χ0) is 16.3. The minimum Gasteiger partial charge on any atom is -0.335 e. The molecule has 1 aliphatic rings. The van der Waals surface area contributed by atoms with E-state index in [1.165, 1.54) is 6.92 Å². The van der Waals surface area contributed by atoms with E-state index >= 15 is 0 Å². The number of imide groups is 1. The first-order valence-electron chi connectivity index (χ1n) is 6.89. The lowest BCUT2D eigenvalue weighted by Crippen LogP contribution is -2.57. The fourth-order valence-corrected chi connectivity index (χ4v) is 2.27. The standard InChI is InChI=1S/C15H17N3O4/c1-8-12(14(21)18-15(22)16-8)7-13(20)17-11-5-3-4-10(6-11)9(2)19/h3-6,8,12H,7H2,1-2H3,(H,17,20)(H2,16,18,21,22). The van der Waals surface area contributed by atoms with Gasteiger partial charge in [0.25, 0.3) is 0 Å². The minimum atomic E-state index is -0.631. The van der Waals surface area contributed by atoms with Gasteiger partial charge in [-0.15, -0.1) is 0 Å². The summed E-state index contributed by atoms with van der Waals surface area (Å²) < 4.78 is 0. The molecule has 2 rings (SSSR count). The lowest BCUT2D eigenvalue weighted by molar-refractivity contribution is -0.129. The number of rotatable bonds is 4. The number of benzene rings is 1. The van der Waals surface area contributed by atoms with Gasteiger partial charge in [0.1, 0.15) is 0 Å². The molecule has 22 heavy (non-hydrogen) atoms. The highest BCUT2D eigenvalue weighted by Gasteiger charge is 2.34. The van der Waals surface area contributed by atoms with Gasteiger partial charge in [-0.2, -0.15) is 0 Å². The van der Waals surface area contributed by atoms with Crippen molar-refractivity contribution >= 4 is 29.3 Å². The van der Waals surface area contributed by atoms with Crippen molar-refractivity contribution in [1.82, 2.24) is 10.6 Å². The second-order valence-corrected chi connectivity index (χ2v) is 5.25. The van der Waals surface area contributed by atoms with Crippen molar-refractivity contribution in [3.63, 3.8) is 0 Å². The molecule has 1 aromatic carbocycles. The minimum absolute atomic E-state index is 0.0580. The van der Waals surface area contributed by atoms with Crippen LogP contribution in [0.25, 0.3) is 0 Å². The zero-order valence-corrected chi connectivity index (χ0v) is 12.3. The number of ketones is 1. The topological polar surface area (TPSA) is 104 Å². The summed E-state index contributed by atoms with van der Waals surface area (Å²) in [5.41, 5.74) is 0.986. The van der Waals surface area contributed by atoms with Gasteiger partial charge < -0.3 is 10.6 Å². The third-order valence-electron chi connectivity index (χ3n) is 3.49. The monoisotopic (exact) mass is 303 g/mol. The lowest BCUT2D eigenvalue weighted by Gasteiger charge is -2.28. The van der Waals surface area contributed by atoms with E-state index < -0.39 is 23.9 Å². The molecule has 1 aliphatic heterocycles. The van der Waals surface area contributed by atoms with Crippen molar-refractivity contribution < 1.29 is 19.2 Å². The molecule has 7 nitrogen and oxygen atoms in total. The van der Waals surface area contributed by atoms with Crippen LogP contribution in [0.2, 0.25) is 0 Å². The molecule has 2 atom stereocenters. The Kier molecular flexibility index (Phi) is 4.55. The Bertz CT molecular complexity index is 641. The first-order valence-corrected chi connectivity index (χ1v) is 6.89. The van der Waals surface area contributed by atoms with Crippen LogP contribution in [0.1, 0.15) is 30.6 Å². The quantitative estimate of drug-likeness (QED) is 0.723. The summed E-state index contributed by atoms with van der Waals surface area (Å²) in [6.45, 7) is 3.11. The summed E-state index contributed by atoms with van der Waals surface area (Å²) in [6.07, 6.45) is -0.0580. The van der Waals surface area contributed by atoms with E-state index in [0.29, 0.717) is 11.3 Å². The number of hydrogen-bond donors (Lipinski definition) is 3. The first-order chi connectivity index (χ1) is 10.4. The maximum atomic E-state index is 12.0. The Morgan fingerprint density at radius 2 is 2.00 bits per heavy atom. The van der Waals surface area contributed by atoms with Gasteiger partial charge in [-0.25, -0.2) is 4.79 Å². The third-order valence-corrected chi connectivity index (χ3v) is 3.49. The lowest BCUT2D eigenvalue weighted by atomic mass is 9.94. The van der Waals surface area contributed by atoms with E-state index in [1.807, 2.05) is 0 Å². The van der Waals surface area contributed by atoms with Gasteiger partial charge in [-0.3, -0.25) is 19.7 Å². The highest BCUT2D eigenvalue weighted by molar-refractivity contribution is 6.02. The van der Waals surface area contributed by atoms with Crippen molar-refractivity contribution in [2.24, 2.45) is 5.92 Å². The summed E-state index contributed by atoms with van der Waals surface area (Å²) in [6, 6.07) is 5.59. The second-order valence-electron chi connectivity index (χ2n) is 5.25. The molecule has 0 spiro atoms.